The molecule has 6 nitrogen and oxygen atoms in total. The van der Waals surface area contributed by atoms with Crippen LogP contribution in [0.5, 0.6) is 0 Å². The van der Waals surface area contributed by atoms with Crippen LogP contribution in [-0.2, 0) is 17.1 Å². The molecule has 2 rings (SSSR count). The Morgan fingerprint density at radius 3 is 2.45 bits per heavy atom. The second-order valence-electron chi connectivity index (χ2n) is 6.45. The Morgan fingerprint density at radius 2 is 2.05 bits per heavy atom. The van der Waals surface area contributed by atoms with Crippen molar-refractivity contribution in [1.29, 1.82) is 0 Å². The normalized spacial score (nSPS) is 25.8. The summed E-state index contributed by atoms with van der Waals surface area (Å²) in [4.78, 5) is 6.25. The van der Waals surface area contributed by atoms with Gasteiger partial charge in [-0.1, -0.05) is 13.8 Å². The molecule has 1 aliphatic rings. The number of nitrogens with zero attached hydrogens (tertiary/aromatic N) is 3. The lowest BCUT2D eigenvalue weighted by Crippen LogP contribution is -2.65. The van der Waals surface area contributed by atoms with E-state index in [9.17, 15) is 8.42 Å². The molecule has 20 heavy (non-hydrogen) atoms. The Hall–Kier alpha value is -0.920. The SMILES string of the molecule is Cc1nc(S(=O)(=O)NC2CC(N(C)C)C2(C)C)cn1C. The highest BCUT2D eigenvalue weighted by atomic mass is 32.2. The average molecular weight is 300 g/mol. The van der Waals surface area contributed by atoms with Crippen LogP contribution >= 0.6 is 0 Å². The van der Waals surface area contributed by atoms with Crippen LogP contribution in [0.2, 0.25) is 0 Å². The maximum absolute atomic E-state index is 12.4. The number of aromatic nitrogens is 2. The molecule has 2 unspecified atom stereocenters. The Morgan fingerprint density at radius 1 is 1.45 bits per heavy atom. The van der Waals surface area contributed by atoms with Crippen LogP contribution < -0.4 is 4.72 Å². The van der Waals surface area contributed by atoms with Gasteiger partial charge in [0.15, 0.2) is 5.03 Å². The summed E-state index contributed by atoms with van der Waals surface area (Å²) in [5, 5.41) is 0.0987. The number of hydrogen-bond donors (Lipinski definition) is 1. The van der Waals surface area contributed by atoms with Gasteiger partial charge in [0.25, 0.3) is 10.0 Å². The summed E-state index contributed by atoms with van der Waals surface area (Å²) in [5.41, 5.74) is -0.0829. The van der Waals surface area contributed by atoms with Crippen molar-refractivity contribution in [3.8, 4) is 0 Å². The van der Waals surface area contributed by atoms with E-state index in [0.717, 1.165) is 6.42 Å². The van der Waals surface area contributed by atoms with Gasteiger partial charge >= 0.3 is 0 Å². The van der Waals surface area contributed by atoms with Crippen molar-refractivity contribution in [2.75, 3.05) is 14.1 Å². The monoisotopic (exact) mass is 300 g/mol. The minimum absolute atomic E-state index is 0.0535. The average Bonchev–Trinajstić information content (AvgIpc) is 2.65. The summed E-state index contributed by atoms with van der Waals surface area (Å²) in [6.07, 6.45) is 2.37. The van der Waals surface area contributed by atoms with Crippen molar-refractivity contribution in [3.63, 3.8) is 0 Å². The first-order valence-electron chi connectivity index (χ1n) is 6.74. The molecule has 1 N–H and O–H groups in total. The van der Waals surface area contributed by atoms with Crippen LogP contribution in [-0.4, -0.2) is 49.0 Å². The summed E-state index contributed by atoms with van der Waals surface area (Å²) >= 11 is 0. The topological polar surface area (TPSA) is 67.2 Å². The summed E-state index contributed by atoms with van der Waals surface area (Å²) in [5.74, 6) is 0.685. The molecular weight excluding hydrogens is 276 g/mol. The van der Waals surface area contributed by atoms with Crippen molar-refractivity contribution >= 4 is 10.0 Å². The Bertz CT molecular complexity index is 584. The van der Waals surface area contributed by atoms with E-state index < -0.39 is 10.0 Å². The molecule has 1 fully saturated rings. The molecule has 0 saturated heterocycles. The molecular formula is C13H24N4O2S. The van der Waals surface area contributed by atoms with Crippen LogP contribution in [0.4, 0.5) is 0 Å². The van der Waals surface area contributed by atoms with E-state index in [2.05, 4.69) is 28.5 Å². The van der Waals surface area contributed by atoms with Crippen LogP contribution in [0.3, 0.4) is 0 Å². The molecule has 7 heteroatoms. The van der Waals surface area contributed by atoms with Gasteiger partial charge in [-0.25, -0.2) is 18.1 Å². The summed E-state index contributed by atoms with van der Waals surface area (Å²) in [6.45, 7) is 5.98. The van der Waals surface area contributed by atoms with E-state index in [1.165, 1.54) is 0 Å². The fraction of sp³-hybridized carbons (Fsp3) is 0.769. The van der Waals surface area contributed by atoms with Gasteiger partial charge in [0, 0.05) is 25.3 Å². The predicted octanol–water partition coefficient (Wildman–Crippen LogP) is 0.736. The van der Waals surface area contributed by atoms with E-state index in [-0.39, 0.29) is 16.5 Å². The van der Waals surface area contributed by atoms with Crippen LogP contribution in [0.1, 0.15) is 26.1 Å². The lowest BCUT2D eigenvalue weighted by Gasteiger charge is -2.54. The number of aryl methyl sites for hydroxylation is 2. The molecule has 1 saturated carbocycles. The first-order chi connectivity index (χ1) is 9.05. The molecule has 0 radical (unpaired) electrons. The summed E-state index contributed by atoms with van der Waals surface area (Å²) in [6, 6.07) is 0.336. The molecule has 114 valence electrons. The van der Waals surface area contributed by atoms with Gasteiger partial charge < -0.3 is 9.47 Å². The zero-order chi connectivity index (χ0) is 15.3. The Kier molecular flexibility index (Phi) is 3.73. The van der Waals surface area contributed by atoms with Crippen LogP contribution in [0.25, 0.3) is 0 Å². The summed E-state index contributed by atoms with van der Waals surface area (Å²) < 4.78 is 29.2. The fourth-order valence-corrected chi connectivity index (χ4v) is 4.33. The fourth-order valence-electron chi connectivity index (χ4n) is 2.88. The van der Waals surface area contributed by atoms with Crippen molar-refractivity contribution < 1.29 is 8.42 Å². The molecule has 0 aromatic carbocycles. The van der Waals surface area contributed by atoms with Gasteiger partial charge in [-0.15, -0.1) is 0 Å². The predicted molar refractivity (Wildman–Crippen MR) is 77.9 cm³/mol. The molecule has 0 bridgehead atoms. The number of imidazole rings is 1. The number of rotatable bonds is 4. The van der Waals surface area contributed by atoms with Crippen LogP contribution in [0, 0.1) is 12.3 Å². The highest BCUT2D eigenvalue weighted by Gasteiger charge is 2.50. The van der Waals surface area contributed by atoms with Gasteiger partial charge in [0.1, 0.15) is 5.82 Å². The van der Waals surface area contributed by atoms with E-state index in [4.69, 9.17) is 0 Å². The third-order valence-corrected chi connectivity index (χ3v) is 5.84. The maximum Gasteiger partial charge on any atom is 0.259 e. The molecule has 0 spiro atoms. The van der Waals surface area contributed by atoms with Crippen molar-refractivity contribution in [1.82, 2.24) is 19.2 Å². The largest absolute Gasteiger partial charge is 0.337 e. The smallest absolute Gasteiger partial charge is 0.259 e. The van der Waals surface area contributed by atoms with E-state index >= 15 is 0 Å². The third-order valence-electron chi connectivity index (χ3n) is 4.50. The van der Waals surface area contributed by atoms with Crippen molar-refractivity contribution in [2.24, 2.45) is 12.5 Å². The second kappa shape index (κ2) is 4.82. The van der Waals surface area contributed by atoms with Gasteiger partial charge in [0.05, 0.1) is 0 Å². The van der Waals surface area contributed by atoms with Gasteiger partial charge in [0.2, 0.25) is 0 Å². The molecule has 0 amide bonds. The highest BCUT2D eigenvalue weighted by molar-refractivity contribution is 7.89. The lowest BCUT2D eigenvalue weighted by atomic mass is 9.63. The third kappa shape index (κ3) is 2.49. The molecule has 0 aliphatic heterocycles. The highest BCUT2D eigenvalue weighted by Crippen LogP contribution is 2.43. The van der Waals surface area contributed by atoms with E-state index in [1.807, 2.05) is 14.1 Å². The van der Waals surface area contributed by atoms with Crippen molar-refractivity contribution in [2.45, 2.75) is 44.3 Å². The number of nitrogens with one attached hydrogen (secondary N) is 1. The first kappa shape index (κ1) is 15.5. The molecule has 1 heterocycles. The zero-order valence-corrected chi connectivity index (χ0v) is 13.8. The zero-order valence-electron chi connectivity index (χ0n) is 13.0. The number of sulfonamides is 1. The lowest BCUT2D eigenvalue weighted by molar-refractivity contribution is -0.00236. The standard InChI is InChI=1S/C13H24N4O2S/c1-9-14-12(8-17(9)6)20(18,19)15-10-7-11(16(4)5)13(10,2)3/h8,10-11,15H,7H2,1-6H3. The minimum Gasteiger partial charge on any atom is -0.337 e. The summed E-state index contributed by atoms with van der Waals surface area (Å²) in [7, 11) is 2.30. The molecule has 1 aromatic rings. The van der Waals surface area contributed by atoms with Crippen LogP contribution in [0.15, 0.2) is 11.2 Å². The second-order valence-corrected chi connectivity index (χ2v) is 8.11. The first-order valence-corrected chi connectivity index (χ1v) is 8.22. The molecule has 1 aliphatic carbocycles. The Labute approximate surface area is 121 Å². The van der Waals surface area contributed by atoms with E-state index in [0.29, 0.717) is 11.9 Å². The van der Waals surface area contributed by atoms with Gasteiger partial charge in [-0.3, -0.25) is 0 Å². The quantitative estimate of drug-likeness (QED) is 0.890. The molecule has 2 atom stereocenters. The minimum atomic E-state index is -3.54. The Balaban J connectivity index is 2.15. The van der Waals surface area contributed by atoms with E-state index in [1.54, 1.807) is 24.7 Å². The van der Waals surface area contributed by atoms with Crippen molar-refractivity contribution in [3.05, 3.63) is 12.0 Å². The van der Waals surface area contributed by atoms with Gasteiger partial charge in [-0.2, -0.15) is 0 Å². The molecule has 1 aromatic heterocycles. The van der Waals surface area contributed by atoms with Gasteiger partial charge in [-0.05, 0) is 32.9 Å². The number of hydrogen-bond acceptors (Lipinski definition) is 4. The maximum atomic E-state index is 12.4.